The Morgan fingerprint density at radius 1 is 1.30 bits per heavy atom. The van der Waals surface area contributed by atoms with Crippen LogP contribution in [0.2, 0.25) is 5.02 Å². The van der Waals surface area contributed by atoms with Crippen LogP contribution >= 0.6 is 23.4 Å². The molecule has 0 fully saturated rings. The van der Waals surface area contributed by atoms with Gasteiger partial charge in [-0.2, -0.15) is 0 Å². The number of aromatic nitrogens is 1. The maximum absolute atomic E-state index is 11.2. The zero-order valence-corrected chi connectivity index (χ0v) is 12.5. The van der Waals surface area contributed by atoms with E-state index in [1.165, 1.54) is 11.8 Å². The van der Waals surface area contributed by atoms with Crippen molar-refractivity contribution >= 4 is 29.3 Å². The Hall–Kier alpha value is -1.52. The Morgan fingerprint density at radius 2 is 2.00 bits per heavy atom. The van der Waals surface area contributed by atoms with E-state index < -0.39 is 5.97 Å². The van der Waals surface area contributed by atoms with Crippen molar-refractivity contribution in [3.63, 3.8) is 0 Å². The Kier molecular flexibility index (Phi) is 5.04. The molecule has 5 heteroatoms. The zero-order valence-electron chi connectivity index (χ0n) is 11.0. The van der Waals surface area contributed by atoms with Crippen LogP contribution in [0.3, 0.4) is 0 Å². The van der Waals surface area contributed by atoms with Gasteiger partial charge in [0.1, 0.15) is 5.03 Å². The molecule has 0 radical (unpaired) electrons. The monoisotopic (exact) mass is 307 g/mol. The summed E-state index contributed by atoms with van der Waals surface area (Å²) in [7, 11) is 0. The van der Waals surface area contributed by atoms with Crippen LogP contribution in [0.5, 0.6) is 0 Å². The number of nitrogens with zero attached hydrogens (tertiary/aromatic N) is 1. The molecule has 0 atom stereocenters. The molecule has 20 heavy (non-hydrogen) atoms. The summed E-state index contributed by atoms with van der Waals surface area (Å²) in [5.41, 5.74) is 1.09. The van der Waals surface area contributed by atoms with Gasteiger partial charge < -0.3 is 5.11 Å². The smallest absolute Gasteiger partial charge is 0.335 e. The van der Waals surface area contributed by atoms with Gasteiger partial charge in [0.15, 0.2) is 0 Å². The van der Waals surface area contributed by atoms with Crippen LogP contribution in [-0.2, 0) is 6.42 Å². The maximum Gasteiger partial charge on any atom is 0.335 e. The number of hydrogen-bond acceptors (Lipinski definition) is 3. The first kappa shape index (κ1) is 14.9. The van der Waals surface area contributed by atoms with E-state index in [9.17, 15) is 4.79 Å². The lowest BCUT2D eigenvalue weighted by Gasteiger charge is -2.06. The van der Waals surface area contributed by atoms with E-state index in [0.717, 1.165) is 23.4 Å². The molecule has 0 bridgehead atoms. The molecule has 0 saturated heterocycles. The largest absolute Gasteiger partial charge is 0.478 e. The number of aryl methyl sites for hydroxylation is 1. The molecular weight excluding hydrogens is 294 g/mol. The van der Waals surface area contributed by atoms with Crippen molar-refractivity contribution in [1.82, 2.24) is 4.98 Å². The van der Waals surface area contributed by atoms with Gasteiger partial charge in [-0.05, 0) is 42.8 Å². The fraction of sp³-hybridized carbons (Fsp3) is 0.200. The normalized spacial score (nSPS) is 10.5. The molecule has 2 aromatic rings. The highest BCUT2D eigenvalue weighted by atomic mass is 35.5. The second kappa shape index (κ2) is 6.77. The van der Waals surface area contributed by atoms with Gasteiger partial charge >= 0.3 is 5.97 Å². The summed E-state index contributed by atoms with van der Waals surface area (Å²) in [4.78, 5) is 16.6. The molecule has 1 heterocycles. The van der Waals surface area contributed by atoms with Gasteiger partial charge in [0.05, 0.1) is 5.56 Å². The van der Waals surface area contributed by atoms with Crippen LogP contribution in [-0.4, -0.2) is 16.1 Å². The number of carboxylic acids is 1. The summed E-state index contributed by atoms with van der Waals surface area (Å²) < 4.78 is 0. The van der Waals surface area contributed by atoms with Crippen LogP contribution in [0, 0.1) is 0 Å². The molecule has 0 amide bonds. The van der Waals surface area contributed by atoms with Crippen molar-refractivity contribution in [3.05, 3.63) is 52.7 Å². The summed E-state index contributed by atoms with van der Waals surface area (Å²) >= 11 is 7.28. The summed E-state index contributed by atoms with van der Waals surface area (Å²) in [6, 6.07) is 10.6. The number of carboxylic acid groups (broad SMARTS) is 1. The van der Waals surface area contributed by atoms with Crippen LogP contribution in [0.1, 0.15) is 29.4 Å². The van der Waals surface area contributed by atoms with Gasteiger partial charge in [-0.1, -0.05) is 36.7 Å². The fourth-order valence-corrected chi connectivity index (χ4v) is 2.73. The number of halogens is 1. The summed E-state index contributed by atoms with van der Waals surface area (Å²) in [5, 5.41) is 10.5. The SMILES string of the molecule is CCCc1cc(C(=O)O)cc(Sc2ccc(Cl)cc2)n1. The lowest BCUT2D eigenvalue weighted by molar-refractivity contribution is 0.0696. The molecular formula is C15H14ClNO2S. The lowest BCUT2D eigenvalue weighted by atomic mass is 10.2. The maximum atomic E-state index is 11.2. The molecule has 0 unspecified atom stereocenters. The number of aromatic carboxylic acids is 1. The van der Waals surface area contributed by atoms with Gasteiger partial charge in [-0.25, -0.2) is 9.78 Å². The molecule has 0 saturated carbocycles. The van der Waals surface area contributed by atoms with Crippen LogP contribution in [0.25, 0.3) is 0 Å². The van der Waals surface area contributed by atoms with E-state index in [-0.39, 0.29) is 5.56 Å². The van der Waals surface area contributed by atoms with Crippen LogP contribution < -0.4 is 0 Å². The molecule has 1 aromatic carbocycles. The average Bonchev–Trinajstić information content (AvgIpc) is 2.41. The van der Waals surface area contributed by atoms with E-state index >= 15 is 0 Å². The molecule has 2 rings (SSSR count). The molecule has 1 aromatic heterocycles. The number of benzene rings is 1. The highest BCUT2D eigenvalue weighted by molar-refractivity contribution is 7.99. The van der Waals surface area contributed by atoms with Crippen LogP contribution in [0.15, 0.2) is 46.3 Å². The van der Waals surface area contributed by atoms with Crippen molar-refractivity contribution in [2.45, 2.75) is 29.7 Å². The average molecular weight is 308 g/mol. The number of pyridine rings is 1. The van der Waals surface area contributed by atoms with Gasteiger partial charge in [0.25, 0.3) is 0 Å². The highest BCUT2D eigenvalue weighted by Gasteiger charge is 2.09. The first-order valence-corrected chi connectivity index (χ1v) is 7.45. The third-order valence-corrected chi connectivity index (χ3v) is 3.82. The quantitative estimate of drug-likeness (QED) is 0.881. The number of hydrogen-bond donors (Lipinski definition) is 1. The summed E-state index contributed by atoms with van der Waals surface area (Å²) in [6.07, 6.45) is 1.70. The molecule has 1 N–H and O–H groups in total. The predicted octanol–water partition coefficient (Wildman–Crippen LogP) is 4.54. The van der Waals surface area contributed by atoms with Gasteiger partial charge in [-0.15, -0.1) is 0 Å². The predicted molar refractivity (Wildman–Crippen MR) is 80.8 cm³/mol. The van der Waals surface area contributed by atoms with Gasteiger partial charge in [-0.3, -0.25) is 0 Å². The van der Waals surface area contributed by atoms with E-state index in [0.29, 0.717) is 10.0 Å². The van der Waals surface area contributed by atoms with Crippen molar-refractivity contribution in [2.75, 3.05) is 0 Å². The van der Waals surface area contributed by atoms with E-state index in [4.69, 9.17) is 16.7 Å². The van der Waals surface area contributed by atoms with Gasteiger partial charge in [0.2, 0.25) is 0 Å². The molecule has 0 aliphatic rings. The van der Waals surface area contributed by atoms with Gasteiger partial charge in [0, 0.05) is 15.6 Å². The summed E-state index contributed by atoms with van der Waals surface area (Å²) in [6.45, 7) is 2.04. The molecule has 0 spiro atoms. The van der Waals surface area contributed by atoms with Crippen molar-refractivity contribution < 1.29 is 9.90 Å². The van der Waals surface area contributed by atoms with E-state index in [1.807, 2.05) is 19.1 Å². The first-order chi connectivity index (χ1) is 9.58. The molecule has 0 aliphatic heterocycles. The first-order valence-electron chi connectivity index (χ1n) is 6.26. The number of carbonyl (C=O) groups is 1. The topological polar surface area (TPSA) is 50.2 Å². The van der Waals surface area contributed by atoms with Crippen LogP contribution in [0.4, 0.5) is 0 Å². The molecule has 104 valence electrons. The Balaban J connectivity index is 2.29. The lowest BCUT2D eigenvalue weighted by Crippen LogP contribution is -2.01. The number of rotatable bonds is 5. The second-order valence-electron chi connectivity index (χ2n) is 4.30. The third kappa shape index (κ3) is 3.99. The van der Waals surface area contributed by atoms with Crippen molar-refractivity contribution in [2.24, 2.45) is 0 Å². The fourth-order valence-electron chi connectivity index (χ4n) is 1.74. The highest BCUT2D eigenvalue weighted by Crippen LogP contribution is 2.28. The van der Waals surface area contributed by atoms with E-state index in [2.05, 4.69) is 4.98 Å². The van der Waals surface area contributed by atoms with Crippen molar-refractivity contribution in [3.8, 4) is 0 Å². The minimum atomic E-state index is -0.928. The molecule has 0 aliphatic carbocycles. The standard InChI is InChI=1S/C15H14ClNO2S/c1-2-3-12-8-10(15(18)19)9-14(17-12)20-13-6-4-11(16)5-7-13/h4-9H,2-3H2,1H3,(H,18,19). The summed E-state index contributed by atoms with van der Waals surface area (Å²) in [5.74, 6) is -0.928. The minimum Gasteiger partial charge on any atom is -0.478 e. The Morgan fingerprint density at radius 3 is 2.60 bits per heavy atom. The van der Waals surface area contributed by atoms with E-state index in [1.54, 1.807) is 24.3 Å². The van der Waals surface area contributed by atoms with Crippen molar-refractivity contribution in [1.29, 1.82) is 0 Å². The minimum absolute atomic E-state index is 0.278. The second-order valence-corrected chi connectivity index (χ2v) is 5.83. The Bertz CT molecular complexity index is 614. The third-order valence-electron chi connectivity index (χ3n) is 2.64. The molecule has 3 nitrogen and oxygen atoms in total. The zero-order chi connectivity index (χ0) is 14.5. The Labute approximate surface area is 127 Å².